The van der Waals surface area contributed by atoms with Crippen molar-refractivity contribution >= 4 is 23.4 Å². The van der Waals surface area contributed by atoms with Gasteiger partial charge in [-0.2, -0.15) is 0 Å². The van der Waals surface area contributed by atoms with Crippen LogP contribution in [0.15, 0.2) is 48.5 Å². The van der Waals surface area contributed by atoms with E-state index in [1.54, 1.807) is 7.05 Å². The lowest BCUT2D eigenvalue weighted by molar-refractivity contribution is -0.130. The molecule has 3 heterocycles. The zero-order valence-electron chi connectivity index (χ0n) is 20.8. The van der Waals surface area contributed by atoms with Crippen LogP contribution in [0.2, 0.25) is 0 Å². The van der Waals surface area contributed by atoms with Crippen LogP contribution in [0, 0.1) is 0 Å². The molecule has 2 aromatic carbocycles. The number of nitrogens with zero attached hydrogens (tertiary/aromatic N) is 4. The predicted molar refractivity (Wildman–Crippen MR) is 136 cm³/mol. The summed E-state index contributed by atoms with van der Waals surface area (Å²) in [5.41, 5.74) is 2.59. The molecular weight excluding hydrogens is 472 g/mol. The molecule has 0 saturated carbocycles. The number of ether oxygens (including phenoxy) is 1. The number of rotatable bonds is 7. The molecule has 37 heavy (non-hydrogen) atoms. The third kappa shape index (κ3) is 5.63. The van der Waals surface area contributed by atoms with Crippen molar-refractivity contribution in [2.24, 2.45) is 0 Å². The minimum atomic E-state index is -0.902. The van der Waals surface area contributed by atoms with Crippen LogP contribution in [0.3, 0.4) is 0 Å². The van der Waals surface area contributed by atoms with Crippen LogP contribution >= 0.6 is 0 Å². The maximum absolute atomic E-state index is 13.2. The Morgan fingerprint density at radius 2 is 1.89 bits per heavy atom. The van der Waals surface area contributed by atoms with Crippen LogP contribution in [0.5, 0.6) is 5.75 Å². The van der Waals surface area contributed by atoms with Gasteiger partial charge in [-0.25, -0.2) is 4.98 Å². The van der Waals surface area contributed by atoms with Gasteiger partial charge >= 0.3 is 0 Å². The first-order valence-corrected chi connectivity index (χ1v) is 12.5. The highest BCUT2D eigenvalue weighted by atomic mass is 16.5. The van der Waals surface area contributed by atoms with E-state index in [2.05, 4.69) is 20.5 Å². The van der Waals surface area contributed by atoms with Crippen LogP contribution in [-0.4, -0.2) is 70.6 Å². The average molecular weight is 503 g/mol. The number of H-pyrrole nitrogens is 1. The van der Waals surface area contributed by atoms with Crippen molar-refractivity contribution in [3.8, 4) is 5.75 Å². The van der Waals surface area contributed by atoms with Gasteiger partial charge < -0.3 is 19.9 Å². The average Bonchev–Trinajstić information content (AvgIpc) is 3.61. The van der Waals surface area contributed by atoms with Crippen LogP contribution in [0.1, 0.15) is 46.8 Å². The number of nitrogens with one attached hydrogen (secondary N) is 2. The number of fused-ring (bicyclic) bond motifs is 1. The normalized spacial score (nSPS) is 17.2. The number of carbonyl (C=O) groups excluding carboxylic acids is 3. The van der Waals surface area contributed by atoms with E-state index in [0.717, 1.165) is 37.1 Å². The van der Waals surface area contributed by atoms with Crippen molar-refractivity contribution in [2.45, 2.75) is 38.1 Å². The summed E-state index contributed by atoms with van der Waals surface area (Å²) in [7, 11) is 1.65. The number of amides is 3. The Hall–Kier alpha value is -4.21. The van der Waals surface area contributed by atoms with Crippen molar-refractivity contribution in [3.63, 3.8) is 0 Å². The fraction of sp³-hybridized carbons (Fsp3) is 0.370. The van der Waals surface area contributed by atoms with E-state index >= 15 is 0 Å². The van der Waals surface area contributed by atoms with Crippen LogP contribution in [-0.2, 0) is 22.4 Å². The molecule has 2 N–H and O–H groups in total. The quantitative estimate of drug-likeness (QED) is 0.511. The lowest BCUT2D eigenvalue weighted by Gasteiger charge is -2.20. The van der Waals surface area contributed by atoms with Gasteiger partial charge in [0, 0.05) is 33.0 Å². The molecule has 2 aliphatic rings. The monoisotopic (exact) mass is 502 g/mol. The third-order valence-electron chi connectivity index (χ3n) is 6.76. The molecule has 1 aromatic heterocycles. The van der Waals surface area contributed by atoms with E-state index in [9.17, 15) is 14.4 Å². The molecule has 10 heteroatoms. The van der Waals surface area contributed by atoms with E-state index < -0.39 is 11.9 Å². The van der Waals surface area contributed by atoms with Crippen LogP contribution < -0.4 is 15.0 Å². The molecule has 2 aliphatic heterocycles. The molecule has 0 bridgehead atoms. The number of likely N-dealkylation sites (N-methyl/N-ethyl adjacent to an activating group) is 1. The van der Waals surface area contributed by atoms with Crippen LogP contribution in [0.4, 0.5) is 5.69 Å². The number of likely N-dealkylation sites (tertiary alicyclic amines) is 1. The number of benzene rings is 2. The third-order valence-corrected chi connectivity index (χ3v) is 6.76. The topological polar surface area (TPSA) is 121 Å². The fourth-order valence-corrected chi connectivity index (χ4v) is 4.67. The van der Waals surface area contributed by atoms with Gasteiger partial charge in [-0.05, 0) is 42.5 Å². The molecule has 0 spiro atoms. The minimum Gasteiger partial charge on any atom is -0.489 e. The molecule has 192 valence electrons. The molecule has 0 aliphatic carbocycles. The zero-order chi connectivity index (χ0) is 25.8. The highest BCUT2D eigenvalue weighted by molar-refractivity contribution is 6.02. The van der Waals surface area contributed by atoms with Gasteiger partial charge in [-0.15, -0.1) is 5.10 Å². The van der Waals surface area contributed by atoms with Gasteiger partial charge in [0.05, 0.1) is 5.69 Å². The van der Waals surface area contributed by atoms with E-state index in [-0.39, 0.29) is 24.2 Å². The van der Waals surface area contributed by atoms with Gasteiger partial charge in [-0.3, -0.25) is 19.5 Å². The molecular formula is C27H30N6O4. The first kappa shape index (κ1) is 24.5. The summed E-state index contributed by atoms with van der Waals surface area (Å²) in [5.74, 6) is 0.364. The molecule has 0 radical (unpaired) electrons. The molecule has 5 rings (SSSR count). The van der Waals surface area contributed by atoms with Crippen LogP contribution in [0.25, 0.3) is 0 Å². The second kappa shape index (κ2) is 10.8. The number of aromatic amines is 1. The lowest BCUT2D eigenvalue weighted by Crippen LogP contribution is -2.49. The maximum atomic E-state index is 13.2. The standard InChI is InChI=1S/C27H30N6O4/c1-32-21-15-19(10-12-24(34)33-13-5-6-14-33)9-11-22(21)37-17-20(27(32)36)28-26(35)25-29-23(30-31-25)16-18-7-3-2-4-8-18/h2-4,7-9,11,15,20H,5-6,10,12-14,16-17H2,1H3,(H,28,35)(H,29,30,31). The fourth-order valence-electron chi connectivity index (χ4n) is 4.67. The number of hydrogen-bond acceptors (Lipinski definition) is 6. The number of hydrogen-bond donors (Lipinski definition) is 2. The van der Waals surface area contributed by atoms with Gasteiger partial charge in [0.1, 0.15) is 24.2 Å². The molecule has 1 fully saturated rings. The van der Waals surface area contributed by atoms with Crippen molar-refractivity contribution < 1.29 is 19.1 Å². The number of carbonyl (C=O) groups is 3. The summed E-state index contributed by atoms with van der Waals surface area (Å²) >= 11 is 0. The Bertz CT molecular complexity index is 1290. The second-order valence-electron chi connectivity index (χ2n) is 9.39. The Balaban J connectivity index is 1.21. The molecule has 10 nitrogen and oxygen atoms in total. The molecule has 1 saturated heterocycles. The van der Waals surface area contributed by atoms with Crippen molar-refractivity contribution in [2.75, 3.05) is 31.6 Å². The molecule has 3 amide bonds. The van der Waals surface area contributed by atoms with Crippen molar-refractivity contribution in [1.82, 2.24) is 25.4 Å². The smallest absolute Gasteiger partial charge is 0.291 e. The van der Waals surface area contributed by atoms with E-state index in [4.69, 9.17) is 4.74 Å². The zero-order valence-corrected chi connectivity index (χ0v) is 20.8. The summed E-state index contributed by atoms with van der Waals surface area (Å²) in [4.78, 5) is 46.1. The van der Waals surface area contributed by atoms with E-state index in [0.29, 0.717) is 36.5 Å². The Morgan fingerprint density at radius 3 is 2.68 bits per heavy atom. The summed E-state index contributed by atoms with van der Waals surface area (Å²) in [6.45, 7) is 1.66. The van der Waals surface area contributed by atoms with Gasteiger partial charge in [0.2, 0.25) is 11.7 Å². The highest BCUT2D eigenvalue weighted by Gasteiger charge is 2.32. The lowest BCUT2D eigenvalue weighted by atomic mass is 10.1. The van der Waals surface area contributed by atoms with Crippen molar-refractivity contribution in [3.05, 3.63) is 71.3 Å². The summed E-state index contributed by atoms with van der Waals surface area (Å²) in [6, 6.07) is 14.4. The van der Waals surface area contributed by atoms with Gasteiger partial charge in [-0.1, -0.05) is 36.4 Å². The van der Waals surface area contributed by atoms with Gasteiger partial charge in [0.25, 0.3) is 11.8 Å². The molecule has 1 atom stereocenters. The second-order valence-corrected chi connectivity index (χ2v) is 9.39. The molecule has 1 unspecified atom stereocenters. The number of anilines is 1. The number of aryl methyl sites for hydroxylation is 1. The number of aromatic nitrogens is 3. The minimum absolute atomic E-state index is 0.0179. The Morgan fingerprint density at radius 1 is 1.11 bits per heavy atom. The Kier molecular flexibility index (Phi) is 7.16. The predicted octanol–water partition coefficient (Wildman–Crippen LogP) is 2.10. The van der Waals surface area contributed by atoms with Gasteiger partial charge in [0.15, 0.2) is 0 Å². The first-order chi connectivity index (χ1) is 18.0. The Labute approximate surface area is 215 Å². The summed E-state index contributed by atoms with van der Waals surface area (Å²) in [6.07, 6.45) is 3.66. The summed E-state index contributed by atoms with van der Waals surface area (Å²) in [5, 5.41) is 9.50. The maximum Gasteiger partial charge on any atom is 0.291 e. The summed E-state index contributed by atoms with van der Waals surface area (Å²) < 4.78 is 5.88. The largest absolute Gasteiger partial charge is 0.489 e. The highest BCUT2D eigenvalue weighted by Crippen LogP contribution is 2.32. The van der Waals surface area contributed by atoms with Crippen molar-refractivity contribution in [1.29, 1.82) is 0 Å². The first-order valence-electron chi connectivity index (χ1n) is 12.5. The SMILES string of the molecule is CN1C(=O)C(NC(=O)c2n[nH]c(Cc3ccccc3)n2)COc2ccc(CCC(=O)N3CCCC3)cc21. The van der Waals surface area contributed by atoms with E-state index in [1.165, 1.54) is 4.90 Å². The van der Waals surface area contributed by atoms with E-state index in [1.807, 2.05) is 53.4 Å². The molecule has 3 aromatic rings.